The van der Waals surface area contributed by atoms with E-state index in [1.54, 1.807) is 24.3 Å². The van der Waals surface area contributed by atoms with Crippen molar-refractivity contribution in [1.82, 2.24) is 0 Å². The number of nitrogens with two attached hydrogens (primary N) is 1. The Bertz CT molecular complexity index is 1070. The minimum atomic E-state index is -0.506. The first-order valence-corrected chi connectivity index (χ1v) is 10.8. The zero-order valence-corrected chi connectivity index (χ0v) is 18.4. The molecule has 0 aliphatic rings. The highest BCUT2D eigenvalue weighted by Gasteiger charge is 2.15. The van der Waals surface area contributed by atoms with Crippen LogP contribution < -0.4 is 21.7 Å². The lowest BCUT2D eigenvalue weighted by atomic mass is 10.2. The fraction of sp³-hybridized carbons (Fsp3) is 0.0870. The van der Waals surface area contributed by atoms with Crippen LogP contribution in [0.1, 0.15) is 17.3 Å². The van der Waals surface area contributed by atoms with E-state index in [1.165, 1.54) is 11.8 Å². The Balaban J connectivity index is 1.56. The number of anilines is 3. The molecule has 0 saturated carbocycles. The fourth-order valence-corrected chi connectivity index (χ4v) is 3.84. The van der Waals surface area contributed by atoms with Crippen molar-refractivity contribution in [2.45, 2.75) is 17.1 Å². The lowest BCUT2D eigenvalue weighted by molar-refractivity contribution is -0.115. The topological polar surface area (TPSA) is 96.2 Å². The van der Waals surface area contributed by atoms with Crippen LogP contribution in [0.15, 0.2) is 83.8 Å². The first-order valence-electron chi connectivity index (χ1n) is 9.51. The van der Waals surface area contributed by atoms with Crippen LogP contribution in [0.2, 0.25) is 0 Å². The molecule has 6 nitrogen and oxygen atoms in total. The molecule has 5 N–H and O–H groups in total. The molecule has 0 aliphatic heterocycles. The number of rotatable bonds is 7. The minimum Gasteiger partial charge on any atom is -0.366 e. The quantitative estimate of drug-likeness (QED) is 0.307. The van der Waals surface area contributed by atoms with E-state index in [0.717, 1.165) is 16.3 Å². The third-order valence-corrected chi connectivity index (χ3v) is 5.54. The molecule has 3 aromatic rings. The van der Waals surface area contributed by atoms with Crippen LogP contribution in [0, 0.1) is 0 Å². The van der Waals surface area contributed by atoms with Crippen LogP contribution in [0.4, 0.5) is 17.1 Å². The molecule has 0 saturated heterocycles. The van der Waals surface area contributed by atoms with Crippen molar-refractivity contribution < 1.29 is 9.59 Å². The Hall–Kier alpha value is -3.36. The van der Waals surface area contributed by atoms with Crippen molar-refractivity contribution in [3.8, 4) is 0 Å². The first-order chi connectivity index (χ1) is 14.9. The van der Waals surface area contributed by atoms with Gasteiger partial charge in [0.25, 0.3) is 0 Å². The van der Waals surface area contributed by atoms with Gasteiger partial charge >= 0.3 is 0 Å². The van der Waals surface area contributed by atoms with Gasteiger partial charge in [0.1, 0.15) is 0 Å². The third kappa shape index (κ3) is 6.84. The number of benzene rings is 3. The molecule has 1 unspecified atom stereocenters. The van der Waals surface area contributed by atoms with Gasteiger partial charge in [-0.05, 0) is 73.7 Å². The standard InChI is InChI=1S/C23H22N4O2S2/c1-15(22(29)25-18-12-10-16(11-13-18)21(24)28)31-20-9-5-8-19(14-20)27-23(30)26-17-6-3-2-4-7-17/h2-15H,1H3,(H2,24,28)(H,25,29)(H2,26,27,30). The Kier molecular flexibility index (Phi) is 7.64. The predicted octanol–water partition coefficient (Wildman–Crippen LogP) is 4.71. The number of primary amides is 1. The summed E-state index contributed by atoms with van der Waals surface area (Å²) in [5, 5.41) is 9.28. The van der Waals surface area contributed by atoms with Gasteiger partial charge in [0, 0.05) is 27.5 Å². The van der Waals surface area contributed by atoms with Gasteiger partial charge in [-0.15, -0.1) is 11.8 Å². The number of thiocarbonyl (C=S) groups is 1. The van der Waals surface area contributed by atoms with Crippen LogP contribution >= 0.6 is 24.0 Å². The summed E-state index contributed by atoms with van der Waals surface area (Å²) in [6.07, 6.45) is 0. The summed E-state index contributed by atoms with van der Waals surface area (Å²) in [6, 6.07) is 23.8. The number of para-hydroxylation sites is 1. The summed E-state index contributed by atoms with van der Waals surface area (Å²) in [7, 11) is 0. The molecule has 0 bridgehead atoms. The van der Waals surface area contributed by atoms with E-state index in [4.69, 9.17) is 18.0 Å². The molecule has 0 radical (unpaired) electrons. The Morgan fingerprint density at radius 2 is 1.45 bits per heavy atom. The van der Waals surface area contributed by atoms with Crippen LogP contribution in [0.25, 0.3) is 0 Å². The van der Waals surface area contributed by atoms with E-state index in [0.29, 0.717) is 16.4 Å². The number of thioether (sulfide) groups is 1. The summed E-state index contributed by atoms with van der Waals surface area (Å²) in [5.41, 5.74) is 7.96. The number of nitrogens with one attached hydrogen (secondary N) is 3. The maximum atomic E-state index is 12.5. The third-order valence-electron chi connectivity index (χ3n) is 4.24. The van der Waals surface area contributed by atoms with Gasteiger partial charge in [-0.1, -0.05) is 24.3 Å². The van der Waals surface area contributed by atoms with E-state index < -0.39 is 5.91 Å². The van der Waals surface area contributed by atoms with Crippen LogP contribution in [0.5, 0.6) is 0 Å². The van der Waals surface area contributed by atoms with Crippen LogP contribution in [0.3, 0.4) is 0 Å². The van der Waals surface area contributed by atoms with Crippen LogP contribution in [-0.4, -0.2) is 22.2 Å². The Morgan fingerprint density at radius 3 is 2.13 bits per heavy atom. The zero-order valence-electron chi connectivity index (χ0n) is 16.8. The normalized spacial score (nSPS) is 11.3. The lowest BCUT2D eigenvalue weighted by Gasteiger charge is -2.14. The van der Waals surface area contributed by atoms with Gasteiger partial charge < -0.3 is 21.7 Å². The lowest BCUT2D eigenvalue weighted by Crippen LogP contribution is -2.22. The summed E-state index contributed by atoms with van der Waals surface area (Å²) in [6.45, 7) is 1.83. The van der Waals surface area contributed by atoms with E-state index in [-0.39, 0.29) is 11.2 Å². The van der Waals surface area contributed by atoms with Gasteiger partial charge in [0.05, 0.1) is 5.25 Å². The maximum absolute atomic E-state index is 12.5. The second-order valence-corrected chi connectivity index (χ2v) is 8.49. The van der Waals surface area contributed by atoms with Crippen molar-refractivity contribution in [2.75, 3.05) is 16.0 Å². The summed E-state index contributed by atoms with van der Waals surface area (Å²) in [5.74, 6) is -0.648. The maximum Gasteiger partial charge on any atom is 0.248 e. The second-order valence-electron chi connectivity index (χ2n) is 6.66. The average molecular weight is 451 g/mol. The molecule has 8 heteroatoms. The summed E-state index contributed by atoms with van der Waals surface area (Å²) in [4.78, 5) is 24.6. The molecule has 2 amide bonds. The summed E-state index contributed by atoms with van der Waals surface area (Å²) >= 11 is 6.80. The number of hydrogen-bond donors (Lipinski definition) is 4. The number of hydrogen-bond acceptors (Lipinski definition) is 4. The number of amides is 2. The second kappa shape index (κ2) is 10.6. The molecule has 0 aliphatic carbocycles. The molecule has 0 aromatic heterocycles. The molecule has 3 aromatic carbocycles. The highest BCUT2D eigenvalue weighted by Crippen LogP contribution is 2.27. The van der Waals surface area contributed by atoms with E-state index in [1.807, 2.05) is 61.5 Å². The molecular weight excluding hydrogens is 428 g/mol. The van der Waals surface area contributed by atoms with Crippen molar-refractivity contribution in [2.24, 2.45) is 5.73 Å². The molecule has 1 atom stereocenters. The van der Waals surface area contributed by atoms with Gasteiger partial charge in [-0.2, -0.15) is 0 Å². The molecule has 31 heavy (non-hydrogen) atoms. The molecule has 3 rings (SSSR count). The zero-order chi connectivity index (χ0) is 22.2. The summed E-state index contributed by atoms with van der Waals surface area (Å²) < 4.78 is 0. The molecular formula is C23H22N4O2S2. The first kappa shape index (κ1) is 22.3. The number of carbonyl (C=O) groups excluding carboxylic acids is 2. The molecule has 0 spiro atoms. The monoisotopic (exact) mass is 450 g/mol. The molecule has 0 fully saturated rings. The number of carbonyl (C=O) groups is 2. The Labute approximate surface area is 190 Å². The molecule has 158 valence electrons. The van der Waals surface area contributed by atoms with Crippen molar-refractivity contribution in [3.63, 3.8) is 0 Å². The minimum absolute atomic E-state index is 0.142. The van der Waals surface area contributed by atoms with Crippen molar-refractivity contribution in [1.29, 1.82) is 0 Å². The van der Waals surface area contributed by atoms with Gasteiger partial charge in [0.2, 0.25) is 11.8 Å². The highest BCUT2D eigenvalue weighted by atomic mass is 32.2. The van der Waals surface area contributed by atoms with E-state index >= 15 is 0 Å². The Morgan fingerprint density at radius 1 is 0.839 bits per heavy atom. The van der Waals surface area contributed by atoms with Crippen LogP contribution in [-0.2, 0) is 4.79 Å². The van der Waals surface area contributed by atoms with Gasteiger partial charge in [-0.25, -0.2) is 0 Å². The van der Waals surface area contributed by atoms with Gasteiger partial charge in [0.15, 0.2) is 5.11 Å². The smallest absolute Gasteiger partial charge is 0.248 e. The largest absolute Gasteiger partial charge is 0.366 e. The SMILES string of the molecule is CC(Sc1cccc(NC(=S)Nc2ccccc2)c1)C(=O)Nc1ccc(C(N)=O)cc1. The van der Waals surface area contributed by atoms with Gasteiger partial charge in [-0.3, -0.25) is 9.59 Å². The van der Waals surface area contributed by atoms with E-state index in [9.17, 15) is 9.59 Å². The highest BCUT2D eigenvalue weighted by molar-refractivity contribution is 8.00. The van der Waals surface area contributed by atoms with E-state index in [2.05, 4.69) is 16.0 Å². The fourth-order valence-electron chi connectivity index (χ4n) is 2.68. The van der Waals surface area contributed by atoms with Crippen molar-refractivity contribution >= 4 is 58.0 Å². The predicted molar refractivity (Wildman–Crippen MR) is 132 cm³/mol. The average Bonchev–Trinajstić information content (AvgIpc) is 2.75. The van der Waals surface area contributed by atoms with Crippen molar-refractivity contribution in [3.05, 3.63) is 84.4 Å². The molecule has 0 heterocycles.